The zero-order valence-electron chi connectivity index (χ0n) is 8.32. The molecule has 15 heavy (non-hydrogen) atoms. The van der Waals surface area contributed by atoms with Crippen molar-refractivity contribution in [3.63, 3.8) is 0 Å². The molecule has 0 aromatic carbocycles. The van der Waals surface area contributed by atoms with Gasteiger partial charge in [-0.2, -0.15) is 5.10 Å². The Balaban J connectivity index is 2.20. The quantitative estimate of drug-likeness (QED) is 0.494. The molecule has 7 nitrogen and oxygen atoms in total. The summed E-state index contributed by atoms with van der Waals surface area (Å²) in [6.07, 6.45) is 1.87. The number of rotatable bonds is 4. The molecule has 1 aromatic rings. The number of nitrogens with one attached hydrogen (secondary N) is 2. The normalized spacial score (nSPS) is 9.67. The van der Waals surface area contributed by atoms with Gasteiger partial charge in [0.2, 0.25) is 0 Å². The number of H-pyrrole nitrogens is 1. The molecule has 0 fully saturated rings. The smallest absolute Gasteiger partial charge is 0.396 e. The van der Waals surface area contributed by atoms with Crippen molar-refractivity contribution in [2.45, 2.75) is 13.3 Å². The van der Waals surface area contributed by atoms with Gasteiger partial charge in [-0.25, -0.2) is 9.78 Å². The third-order valence-electron chi connectivity index (χ3n) is 1.57. The summed E-state index contributed by atoms with van der Waals surface area (Å²) in [5, 5.41) is 8.68. The zero-order chi connectivity index (χ0) is 11.1. The number of aromatic nitrogens is 3. The highest BCUT2D eigenvalue weighted by molar-refractivity contribution is 6.32. The van der Waals surface area contributed by atoms with Crippen LogP contribution in [0.3, 0.4) is 0 Å². The van der Waals surface area contributed by atoms with Gasteiger partial charge in [0.1, 0.15) is 12.2 Å². The maximum atomic E-state index is 11.0. The second-order valence-corrected chi connectivity index (χ2v) is 2.66. The molecule has 1 amide bonds. The van der Waals surface area contributed by atoms with Crippen LogP contribution in [0.15, 0.2) is 6.33 Å². The van der Waals surface area contributed by atoms with E-state index in [0.29, 0.717) is 18.8 Å². The number of aromatic amines is 1. The molecule has 2 N–H and O–H groups in total. The fourth-order valence-electron chi connectivity index (χ4n) is 0.915. The predicted octanol–water partition coefficient (Wildman–Crippen LogP) is -0.973. The second kappa shape index (κ2) is 5.74. The third-order valence-corrected chi connectivity index (χ3v) is 1.57. The van der Waals surface area contributed by atoms with Gasteiger partial charge in [0.15, 0.2) is 0 Å². The molecule has 82 valence electrons. The summed E-state index contributed by atoms with van der Waals surface area (Å²) in [5.41, 5.74) is 0. The first-order valence-electron chi connectivity index (χ1n) is 4.53. The Morgan fingerprint density at radius 2 is 2.40 bits per heavy atom. The van der Waals surface area contributed by atoms with E-state index < -0.39 is 11.9 Å². The predicted molar refractivity (Wildman–Crippen MR) is 49.7 cm³/mol. The molecule has 1 aromatic heterocycles. The van der Waals surface area contributed by atoms with E-state index >= 15 is 0 Å². The van der Waals surface area contributed by atoms with E-state index in [1.54, 1.807) is 6.92 Å². The largest absolute Gasteiger partial charge is 0.459 e. The van der Waals surface area contributed by atoms with Crippen LogP contribution in [0.2, 0.25) is 0 Å². The zero-order valence-corrected chi connectivity index (χ0v) is 8.32. The van der Waals surface area contributed by atoms with Crippen LogP contribution in [0.25, 0.3) is 0 Å². The van der Waals surface area contributed by atoms with E-state index in [2.05, 4.69) is 25.2 Å². The summed E-state index contributed by atoms with van der Waals surface area (Å²) in [7, 11) is 0. The Morgan fingerprint density at radius 1 is 1.60 bits per heavy atom. The van der Waals surface area contributed by atoms with Gasteiger partial charge in [-0.05, 0) is 6.92 Å². The standard InChI is InChI=1S/C8H12N4O3/c1-2-15-8(14)7(13)9-4-3-6-10-5-11-12-6/h5H,2-4H2,1H3,(H,9,13)(H,10,11,12). The van der Waals surface area contributed by atoms with Crippen molar-refractivity contribution in [3.05, 3.63) is 12.2 Å². The molecule has 0 saturated heterocycles. The molecule has 0 aliphatic heterocycles. The highest BCUT2D eigenvalue weighted by Crippen LogP contribution is 1.85. The lowest BCUT2D eigenvalue weighted by Crippen LogP contribution is -2.34. The highest BCUT2D eigenvalue weighted by atomic mass is 16.5. The van der Waals surface area contributed by atoms with Gasteiger partial charge < -0.3 is 10.1 Å². The topological polar surface area (TPSA) is 97.0 Å². The number of carbonyl (C=O) groups is 2. The molecule has 0 radical (unpaired) electrons. The van der Waals surface area contributed by atoms with Gasteiger partial charge in [0, 0.05) is 13.0 Å². The SMILES string of the molecule is CCOC(=O)C(=O)NCCc1ncn[nH]1. The fraction of sp³-hybridized carbons (Fsp3) is 0.500. The lowest BCUT2D eigenvalue weighted by atomic mass is 10.4. The summed E-state index contributed by atoms with van der Waals surface area (Å²) < 4.78 is 4.50. The van der Waals surface area contributed by atoms with Crippen LogP contribution in [-0.4, -0.2) is 40.2 Å². The van der Waals surface area contributed by atoms with Crippen LogP contribution in [0.1, 0.15) is 12.7 Å². The summed E-state index contributed by atoms with van der Waals surface area (Å²) >= 11 is 0. The minimum absolute atomic E-state index is 0.189. The number of hydrogen-bond donors (Lipinski definition) is 2. The van der Waals surface area contributed by atoms with E-state index in [9.17, 15) is 9.59 Å². The average Bonchev–Trinajstić information content (AvgIpc) is 2.71. The van der Waals surface area contributed by atoms with Crippen molar-refractivity contribution in [1.29, 1.82) is 0 Å². The molecular weight excluding hydrogens is 200 g/mol. The molecule has 0 bridgehead atoms. The first-order valence-corrected chi connectivity index (χ1v) is 4.53. The van der Waals surface area contributed by atoms with Crippen molar-refractivity contribution in [2.75, 3.05) is 13.2 Å². The van der Waals surface area contributed by atoms with Crippen LogP contribution in [0.5, 0.6) is 0 Å². The van der Waals surface area contributed by atoms with Crippen molar-refractivity contribution in [3.8, 4) is 0 Å². The molecule has 0 spiro atoms. The Labute approximate surface area is 86.2 Å². The first-order chi connectivity index (χ1) is 7.24. The third kappa shape index (κ3) is 3.75. The second-order valence-electron chi connectivity index (χ2n) is 2.66. The van der Waals surface area contributed by atoms with Crippen LogP contribution >= 0.6 is 0 Å². The molecule has 0 atom stereocenters. The average molecular weight is 212 g/mol. The van der Waals surface area contributed by atoms with Crippen LogP contribution in [0, 0.1) is 0 Å². The molecule has 0 unspecified atom stereocenters. The van der Waals surface area contributed by atoms with E-state index in [0.717, 1.165) is 0 Å². The van der Waals surface area contributed by atoms with Gasteiger partial charge in [-0.3, -0.25) is 9.89 Å². The van der Waals surface area contributed by atoms with E-state index in [4.69, 9.17) is 0 Å². The number of ether oxygens (including phenoxy) is 1. The number of hydrogen-bond acceptors (Lipinski definition) is 5. The van der Waals surface area contributed by atoms with Gasteiger partial charge in [-0.15, -0.1) is 0 Å². The van der Waals surface area contributed by atoms with Crippen molar-refractivity contribution in [1.82, 2.24) is 20.5 Å². The number of amides is 1. The van der Waals surface area contributed by atoms with Crippen molar-refractivity contribution in [2.24, 2.45) is 0 Å². The monoisotopic (exact) mass is 212 g/mol. The molecule has 0 saturated carbocycles. The fourth-order valence-corrected chi connectivity index (χ4v) is 0.915. The Bertz CT molecular complexity index is 323. The van der Waals surface area contributed by atoms with E-state index in [1.807, 2.05) is 0 Å². The van der Waals surface area contributed by atoms with E-state index in [1.165, 1.54) is 6.33 Å². The Kier molecular flexibility index (Phi) is 4.27. The molecular formula is C8H12N4O3. The minimum Gasteiger partial charge on any atom is -0.459 e. The summed E-state index contributed by atoms with van der Waals surface area (Å²) in [6, 6.07) is 0. The minimum atomic E-state index is -0.866. The lowest BCUT2D eigenvalue weighted by molar-refractivity contribution is -0.154. The number of nitrogens with zero attached hydrogens (tertiary/aromatic N) is 2. The maximum Gasteiger partial charge on any atom is 0.396 e. The maximum absolute atomic E-state index is 11.0. The Hall–Kier alpha value is -1.92. The van der Waals surface area contributed by atoms with Crippen molar-refractivity contribution >= 4 is 11.9 Å². The number of carbonyl (C=O) groups excluding carboxylic acids is 2. The summed E-state index contributed by atoms with van der Waals surface area (Å²) in [6.45, 7) is 2.14. The lowest BCUT2D eigenvalue weighted by Gasteiger charge is -2.02. The van der Waals surface area contributed by atoms with Gasteiger partial charge >= 0.3 is 11.9 Å². The first kappa shape index (κ1) is 11.2. The van der Waals surface area contributed by atoms with E-state index in [-0.39, 0.29) is 6.61 Å². The van der Waals surface area contributed by atoms with Gasteiger partial charge in [0.05, 0.1) is 6.61 Å². The molecule has 1 rings (SSSR count). The number of esters is 1. The molecule has 0 aliphatic rings. The summed E-state index contributed by atoms with van der Waals surface area (Å²) in [4.78, 5) is 25.8. The summed E-state index contributed by atoms with van der Waals surface area (Å²) in [5.74, 6) is -0.953. The van der Waals surface area contributed by atoms with Crippen LogP contribution < -0.4 is 5.32 Å². The van der Waals surface area contributed by atoms with Gasteiger partial charge in [-0.1, -0.05) is 0 Å². The van der Waals surface area contributed by atoms with Crippen LogP contribution in [-0.2, 0) is 20.7 Å². The van der Waals surface area contributed by atoms with Gasteiger partial charge in [0.25, 0.3) is 0 Å². The molecule has 0 aliphatic carbocycles. The highest BCUT2D eigenvalue weighted by Gasteiger charge is 2.13. The molecule has 7 heteroatoms. The van der Waals surface area contributed by atoms with Crippen LogP contribution in [0.4, 0.5) is 0 Å². The molecule has 1 heterocycles. The Morgan fingerprint density at radius 3 is 3.00 bits per heavy atom. The van der Waals surface area contributed by atoms with Crippen molar-refractivity contribution < 1.29 is 14.3 Å².